The fraction of sp³-hybridized carbons (Fsp3) is 0.350. The molecule has 10 heteroatoms. The summed E-state index contributed by atoms with van der Waals surface area (Å²) in [5, 5.41) is 13.7. The monoisotopic (exact) mass is 513 g/mol. The van der Waals surface area contributed by atoms with Crippen molar-refractivity contribution < 1.29 is 23.8 Å². The first-order chi connectivity index (χ1) is 14.3. The number of aliphatic hydroxyl groups excluding tert-OH is 1. The summed E-state index contributed by atoms with van der Waals surface area (Å²) < 4.78 is 20.3. The average Bonchev–Trinajstić information content (AvgIpc) is 2.73. The van der Waals surface area contributed by atoms with Crippen LogP contribution in [0.4, 0.5) is 10.1 Å². The number of nitrogens with zero attached hydrogens (tertiary/aromatic N) is 1. The van der Waals surface area contributed by atoms with Crippen molar-refractivity contribution in [1.29, 1.82) is 0 Å². The molecule has 2 aliphatic rings. The van der Waals surface area contributed by atoms with Crippen molar-refractivity contribution in [3.05, 3.63) is 46.8 Å². The Kier molecular flexibility index (Phi) is 8.19. The Hall–Kier alpha value is -1.57. The van der Waals surface area contributed by atoms with Crippen molar-refractivity contribution in [3.8, 4) is 0 Å². The van der Waals surface area contributed by atoms with Crippen molar-refractivity contribution in [2.75, 3.05) is 31.2 Å². The van der Waals surface area contributed by atoms with E-state index >= 15 is 0 Å². The predicted molar refractivity (Wildman–Crippen MR) is 118 cm³/mol. The minimum atomic E-state index is -0.763. The number of morpholine rings is 1. The minimum absolute atomic E-state index is 0.0465. The van der Waals surface area contributed by atoms with Gasteiger partial charge in [0.25, 0.3) is 0 Å². The second-order valence-electron chi connectivity index (χ2n) is 6.71. The number of hydrogen-bond donors (Lipinski definition) is 2. The predicted octanol–water partition coefficient (Wildman–Crippen LogP) is 1.24. The maximum absolute atomic E-state index is 14.5. The van der Waals surface area contributed by atoms with Gasteiger partial charge in [-0.15, -0.1) is 0 Å². The molecule has 0 saturated carbocycles. The van der Waals surface area contributed by atoms with E-state index in [9.17, 15) is 19.1 Å². The summed E-state index contributed by atoms with van der Waals surface area (Å²) in [6.45, 7) is 0.719. The summed E-state index contributed by atoms with van der Waals surface area (Å²) in [7, 11) is 0. The Balaban J connectivity index is 1.50. The Morgan fingerprint density at radius 1 is 1.47 bits per heavy atom. The quantitative estimate of drug-likeness (QED) is 0.424. The number of ether oxygens (including phenoxy) is 1. The fourth-order valence-electron chi connectivity index (χ4n) is 2.94. The van der Waals surface area contributed by atoms with Crippen LogP contribution >= 0.6 is 23.8 Å². The summed E-state index contributed by atoms with van der Waals surface area (Å²) >= 11 is 10.6. The third-order valence-electron chi connectivity index (χ3n) is 4.50. The zero-order valence-corrected chi connectivity index (χ0v) is 19.4. The van der Waals surface area contributed by atoms with Gasteiger partial charge in [0, 0.05) is 0 Å². The molecule has 3 rings (SSSR count). The molecule has 1 heterocycles. The van der Waals surface area contributed by atoms with E-state index < -0.39 is 27.7 Å². The van der Waals surface area contributed by atoms with Gasteiger partial charge in [-0.1, -0.05) is 0 Å². The van der Waals surface area contributed by atoms with Gasteiger partial charge in [-0.25, -0.2) is 0 Å². The van der Waals surface area contributed by atoms with Crippen LogP contribution in [-0.2, 0) is 14.3 Å². The van der Waals surface area contributed by atoms with Crippen LogP contribution < -0.4 is 14.6 Å². The van der Waals surface area contributed by atoms with E-state index in [-0.39, 0.29) is 30.7 Å². The molecule has 1 aliphatic carbocycles. The molecule has 0 bridgehead atoms. The number of anilines is 1. The number of carbonyl (C=O) groups is 2. The van der Waals surface area contributed by atoms with Crippen molar-refractivity contribution in [1.82, 2.24) is 5.32 Å². The maximum atomic E-state index is 14.5. The molecule has 30 heavy (non-hydrogen) atoms. The number of rotatable bonds is 7. The van der Waals surface area contributed by atoms with E-state index in [4.69, 9.17) is 28.6 Å². The molecule has 1 fully saturated rings. The van der Waals surface area contributed by atoms with Gasteiger partial charge in [0.2, 0.25) is 0 Å². The van der Waals surface area contributed by atoms with Gasteiger partial charge in [0.05, 0.1) is 0 Å². The van der Waals surface area contributed by atoms with Gasteiger partial charge in [0.15, 0.2) is 0 Å². The van der Waals surface area contributed by atoms with Crippen molar-refractivity contribution in [3.63, 3.8) is 0 Å². The number of carbonyl (C=O) groups excluding carboxylic acids is 2. The second-order valence-corrected chi connectivity index (χ2v) is 10.2. The molecule has 1 aliphatic heterocycles. The van der Waals surface area contributed by atoms with Gasteiger partial charge in [0.1, 0.15) is 0 Å². The normalized spacial score (nSPS) is 18.4. The Bertz CT molecular complexity index is 924. The van der Waals surface area contributed by atoms with Crippen molar-refractivity contribution in [2.45, 2.75) is 17.7 Å². The molecule has 159 valence electrons. The summed E-state index contributed by atoms with van der Waals surface area (Å²) in [4.78, 5) is 26.0. The van der Waals surface area contributed by atoms with E-state index in [1.54, 1.807) is 18.2 Å². The number of hydrogen-bond acceptors (Lipinski definition) is 5. The second kappa shape index (κ2) is 10.6. The van der Waals surface area contributed by atoms with Gasteiger partial charge >= 0.3 is 191 Å². The van der Waals surface area contributed by atoms with Crippen LogP contribution in [0, 0.1) is 5.82 Å². The molecule has 1 aromatic carbocycles. The topological polar surface area (TPSA) is 78.9 Å². The van der Waals surface area contributed by atoms with E-state index in [0.29, 0.717) is 40.3 Å². The van der Waals surface area contributed by atoms with Gasteiger partial charge in [-0.3, -0.25) is 0 Å². The fourth-order valence-corrected chi connectivity index (χ4v) is 5.32. The van der Waals surface area contributed by atoms with E-state index in [2.05, 4.69) is 5.32 Å². The third-order valence-corrected chi connectivity index (χ3v) is 7.77. The van der Waals surface area contributed by atoms with Crippen LogP contribution in [0.15, 0.2) is 41.0 Å². The molecule has 6 nitrogen and oxygen atoms in total. The molecule has 0 aromatic heterocycles. The van der Waals surface area contributed by atoms with Crippen LogP contribution in [0.2, 0.25) is 5.21 Å². The standard InChI is InChI=1S/C20H20AsClFN2O4S/c22-13-2-4-18(30)15(8-13)20(28)24-10-14(26)9-21-12-1-3-17(16(23)7-12)25-5-6-29-11-19(25)27/h1-3,7-8,14,26H,4-6,9-11H2,(H,24,28). The Morgan fingerprint density at radius 2 is 2.27 bits per heavy atom. The van der Waals surface area contributed by atoms with Crippen LogP contribution in [0.1, 0.15) is 6.42 Å². The number of nitrogens with one attached hydrogen (secondary N) is 1. The van der Waals surface area contributed by atoms with E-state index in [0.717, 1.165) is 4.35 Å². The zero-order valence-electron chi connectivity index (χ0n) is 15.9. The number of thiocarbonyl (C=S) groups is 1. The Labute approximate surface area is 190 Å². The van der Waals surface area contributed by atoms with Crippen LogP contribution in [-0.4, -0.2) is 69.9 Å². The van der Waals surface area contributed by atoms with Gasteiger partial charge in [-0.2, -0.15) is 0 Å². The van der Waals surface area contributed by atoms with Crippen LogP contribution in [0.3, 0.4) is 0 Å². The van der Waals surface area contributed by atoms with Gasteiger partial charge < -0.3 is 0 Å². The summed E-state index contributed by atoms with van der Waals surface area (Å²) in [6, 6.07) is 4.76. The third kappa shape index (κ3) is 5.99. The molecular weight excluding hydrogens is 494 g/mol. The summed E-state index contributed by atoms with van der Waals surface area (Å²) in [6.07, 6.45) is 2.93. The molecule has 1 aromatic rings. The van der Waals surface area contributed by atoms with E-state index in [1.165, 1.54) is 17.0 Å². The number of benzene rings is 1. The van der Waals surface area contributed by atoms with Crippen LogP contribution in [0.5, 0.6) is 0 Å². The molecule has 1 radical (unpaired) electrons. The first-order valence-electron chi connectivity index (χ1n) is 9.27. The van der Waals surface area contributed by atoms with E-state index in [1.807, 2.05) is 0 Å². The number of amides is 2. The molecule has 1 atom stereocenters. The number of allylic oxidation sites excluding steroid dienone is 3. The molecular formula is C20H20AsClFN2O4S. The van der Waals surface area contributed by atoms with Crippen molar-refractivity contribution >= 4 is 66.3 Å². The molecule has 0 spiro atoms. The zero-order chi connectivity index (χ0) is 21.7. The molecule has 1 unspecified atom stereocenters. The van der Waals surface area contributed by atoms with Crippen LogP contribution in [0.25, 0.3) is 0 Å². The summed E-state index contributed by atoms with van der Waals surface area (Å²) in [5.74, 6) is -1.10. The first kappa shape index (κ1) is 23.1. The molecule has 2 N–H and O–H groups in total. The number of aliphatic hydroxyl groups is 1. The molecule has 1 saturated heterocycles. The summed E-state index contributed by atoms with van der Waals surface area (Å²) in [5.41, 5.74) is 0.582. The van der Waals surface area contributed by atoms with Gasteiger partial charge in [-0.05, 0) is 0 Å². The average molecular weight is 514 g/mol. The Morgan fingerprint density at radius 3 is 3.00 bits per heavy atom. The first-order valence-corrected chi connectivity index (χ1v) is 12.3. The van der Waals surface area contributed by atoms with Crippen molar-refractivity contribution in [2.24, 2.45) is 0 Å². The number of halogens is 2. The SMILES string of the molecule is O=C(NCC(O)C[As]c1ccc(N2CCOCC2=O)c(F)c1)C1=CC(Cl)=CCC1=S. The molecule has 2 amide bonds.